The maximum atomic E-state index is 12.4. The van der Waals surface area contributed by atoms with Gasteiger partial charge in [-0.3, -0.25) is 4.79 Å². The highest BCUT2D eigenvalue weighted by atomic mass is 35.5. The molecule has 0 bridgehead atoms. The fourth-order valence-corrected chi connectivity index (χ4v) is 4.02. The van der Waals surface area contributed by atoms with Crippen molar-refractivity contribution in [3.05, 3.63) is 64.7 Å². The van der Waals surface area contributed by atoms with Crippen LogP contribution in [0.4, 0.5) is 0 Å². The van der Waals surface area contributed by atoms with Gasteiger partial charge in [-0.2, -0.15) is 0 Å². The molecule has 0 radical (unpaired) electrons. The molecule has 3 rings (SSSR count). The molecule has 1 amide bonds. The number of carbonyl (C=O) groups is 2. The summed E-state index contributed by atoms with van der Waals surface area (Å²) in [4.78, 5) is 25.2. The topological polar surface area (TPSA) is 64.6 Å². The molecule has 1 aliphatic rings. The number of rotatable bonds is 8. The zero-order valence-corrected chi connectivity index (χ0v) is 16.9. The van der Waals surface area contributed by atoms with E-state index in [1.807, 2.05) is 24.3 Å². The second kappa shape index (κ2) is 10.5. The van der Waals surface area contributed by atoms with Crippen LogP contribution in [0.1, 0.15) is 28.8 Å². The second-order valence-electron chi connectivity index (χ2n) is 6.42. The van der Waals surface area contributed by atoms with Crippen molar-refractivity contribution in [3.63, 3.8) is 0 Å². The first-order chi connectivity index (χ1) is 13.6. The number of benzene rings is 2. The van der Waals surface area contributed by atoms with Crippen LogP contribution < -0.4 is 5.32 Å². The van der Waals surface area contributed by atoms with E-state index in [4.69, 9.17) is 21.1 Å². The molecule has 5 nitrogen and oxygen atoms in total. The van der Waals surface area contributed by atoms with Crippen molar-refractivity contribution in [3.8, 4) is 0 Å². The Balaban J connectivity index is 1.47. The van der Waals surface area contributed by atoms with Crippen LogP contribution in [0.5, 0.6) is 0 Å². The lowest BCUT2D eigenvalue weighted by Gasteiger charge is -2.12. The van der Waals surface area contributed by atoms with Gasteiger partial charge in [0, 0.05) is 28.8 Å². The van der Waals surface area contributed by atoms with E-state index in [9.17, 15) is 9.59 Å². The van der Waals surface area contributed by atoms with Crippen LogP contribution in [0.15, 0.2) is 53.4 Å². The van der Waals surface area contributed by atoms with E-state index in [0.717, 1.165) is 35.7 Å². The van der Waals surface area contributed by atoms with E-state index >= 15 is 0 Å². The van der Waals surface area contributed by atoms with Crippen LogP contribution >= 0.6 is 23.4 Å². The minimum Gasteiger partial charge on any atom is -0.452 e. The van der Waals surface area contributed by atoms with Crippen LogP contribution in [-0.4, -0.2) is 36.9 Å². The average molecular weight is 420 g/mol. The van der Waals surface area contributed by atoms with E-state index in [-0.39, 0.29) is 18.6 Å². The predicted octanol–water partition coefficient (Wildman–Crippen LogP) is 4.08. The molecule has 0 aliphatic carbocycles. The largest absolute Gasteiger partial charge is 0.452 e. The standard InChI is InChI=1S/C21H22ClNO4S/c22-16-9-7-15(8-10-16)12-23-20(24)13-27-21(25)18-5-1-2-6-19(18)28-14-17-4-3-11-26-17/h1-2,5-10,17H,3-4,11-14H2,(H,23,24). The van der Waals surface area contributed by atoms with Gasteiger partial charge in [-0.15, -0.1) is 11.8 Å². The molecule has 1 N–H and O–H groups in total. The lowest BCUT2D eigenvalue weighted by molar-refractivity contribution is -0.124. The van der Waals surface area contributed by atoms with Gasteiger partial charge in [0.2, 0.25) is 0 Å². The number of esters is 1. The number of ether oxygens (including phenoxy) is 2. The van der Waals surface area contributed by atoms with Gasteiger partial charge in [-0.1, -0.05) is 35.9 Å². The van der Waals surface area contributed by atoms with Crippen LogP contribution in [-0.2, 0) is 20.8 Å². The molecule has 1 fully saturated rings. The number of amides is 1. The highest BCUT2D eigenvalue weighted by Gasteiger charge is 2.19. The number of hydrogen-bond acceptors (Lipinski definition) is 5. The third-order valence-corrected chi connectivity index (χ3v) is 5.75. The summed E-state index contributed by atoms with van der Waals surface area (Å²) in [6.45, 7) is 0.832. The highest BCUT2D eigenvalue weighted by molar-refractivity contribution is 7.99. The van der Waals surface area contributed by atoms with Crippen LogP contribution in [0.3, 0.4) is 0 Å². The number of thioether (sulfide) groups is 1. The molecular weight excluding hydrogens is 398 g/mol. The Morgan fingerprint density at radius 1 is 1.18 bits per heavy atom. The predicted molar refractivity (Wildman–Crippen MR) is 110 cm³/mol. The van der Waals surface area contributed by atoms with Crippen molar-refractivity contribution >= 4 is 35.2 Å². The minimum absolute atomic E-state index is 0.229. The maximum Gasteiger partial charge on any atom is 0.339 e. The monoisotopic (exact) mass is 419 g/mol. The summed E-state index contributed by atoms with van der Waals surface area (Å²) >= 11 is 7.41. The van der Waals surface area contributed by atoms with Crippen LogP contribution in [0.25, 0.3) is 0 Å². The molecule has 2 aromatic carbocycles. The van der Waals surface area contributed by atoms with Crippen LogP contribution in [0.2, 0.25) is 5.02 Å². The molecule has 1 atom stereocenters. The quantitative estimate of drug-likeness (QED) is 0.515. The van der Waals surface area contributed by atoms with Gasteiger partial charge in [0.05, 0.1) is 11.7 Å². The smallest absolute Gasteiger partial charge is 0.339 e. The zero-order chi connectivity index (χ0) is 19.8. The Morgan fingerprint density at radius 2 is 1.96 bits per heavy atom. The first kappa shape index (κ1) is 20.7. The number of hydrogen-bond donors (Lipinski definition) is 1. The molecule has 0 spiro atoms. The molecule has 2 aromatic rings. The average Bonchev–Trinajstić information content (AvgIpc) is 3.24. The van der Waals surface area contributed by atoms with Crippen LogP contribution in [0, 0.1) is 0 Å². The van der Waals surface area contributed by atoms with Crippen molar-refractivity contribution < 1.29 is 19.1 Å². The van der Waals surface area contributed by atoms with Gasteiger partial charge in [0.15, 0.2) is 6.61 Å². The molecular formula is C21H22ClNO4S. The fraction of sp³-hybridized carbons (Fsp3) is 0.333. The molecule has 1 heterocycles. The van der Waals surface area contributed by atoms with Gasteiger partial charge < -0.3 is 14.8 Å². The molecule has 1 unspecified atom stereocenters. The Morgan fingerprint density at radius 3 is 2.71 bits per heavy atom. The fourth-order valence-electron chi connectivity index (χ4n) is 2.78. The van der Waals surface area contributed by atoms with E-state index in [1.54, 1.807) is 36.0 Å². The molecule has 0 aromatic heterocycles. The highest BCUT2D eigenvalue weighted by Crippen LogP contribution is 2.27. The summed E-state index contributed by atoms with van der Waals surface area (Å²) in [6.07, 6.45) is 2.36. The third-order valence-electron chi connectivity index (χ3n) is 4.29. The summed E-state index contributed by atoms with van der Waals surface area (Å²) in [5.41, 5.74) is 1.39. The molecule has 0 saturated carbocycles. The van der Waals surface area contributed by atoms with E-state index in [0.29, 0.717) is 17.1 Å². The molecule has 148 valence electrons. The minimum atomic E-state index is -0.503. The van der Waals surface area contributed by atoms with Gasteiger partial charge in [0.25, 0.3) is 5.91 Å². The summed E-state index contributed by atoms with van der Waals surface area (Å²) in [7, 11) is 0. The first-order valence-electron chi connectivity index (χ1n) is 9.13. The van der Waals surface area contributed by atoms with Crippen molar-refractivity contribution in [2.75, 3.05) is 19.0 Å². The van der Waals surface area contributed by atoms with E-state index in [1.165, 1.54) is 0 Å². The van der Waals surface area contributed by atoms with Gasteiger partial charge >= 0.3 is 5.97 Å². The second-order valence-corrected chi connectivity index (χ2v) is 7.92. The summed E-state index contributed by atoms with van der Waals surface area (Å²) in [5, 5.41) is 3.36. The van der Waals surface area contributed by atoms with Gasteiger partial charge in [-0.25, -0.2) is 4.79 Å². The summed E-state index contributed by atoms with van der Waals surface area (Å²) in [6, 6.07) is 14.4. The normalized spacial score (nSPS) is 16.0. The lowest BCUT2D eigenvalue weighted by atomic mass is 10.2. The Bertz CT molecular complexity index is 806. The maximum absolute atomic E-state index is 12.4. The van der Waals surface area contributed by atoms with Crippen molar-refractivity contribution in [2.24, 2.45) is 0 Å². The SMILES string of the molecule is O=C(COC(=O)c1ccccc1SCC1CCCO1)NCc1ccc(Cl)cc1. The van der Waals surface area contributed by atoms with Crippen molar-refractivity contribution in [1.29, 1.82) is 0 Å². The molecule has 1 aliphatic heterocycles. The molecule has 1 saturated heterocycles. The van der Waals surface area contributed by atoms with E-state index < -0.39 is 5.97 Å². The van der Waals surface area contributed by atoms with Crippen molar-refractivity contribution in [2.45, 2.75) is 30.4 Å². The van der Waals surface area contributed by atoms with Crippen molar-refractivity contribution in [1.82, 2.24) is 5.32 Å². The Kier molecular flexibility index (Phi) is 7.77. The third kappa shape index (κ3) is 6.26. The van der Waals surface area contributed by atoms with E-state index in [2.05, 4.69) is 5.32 Å². The van der Waals surface area contributed by atoms with Gasteiger partial charge in [-0.05, 0) is 42.7 Å². The first-order valence-corrected chi connectivity index (χ1v) is 10.5. The molecule has 7 heteroatoms. The number of halogens is 1. The summed E-state index contributed by atoms with van der Waals surface area (Å²) in [5.74, 6) is -0.0591. The Hall–Kier alpha value is -2.02. The van der Waals surface area contributed by atoms with Gasteiger partial charge in [0.1, 0.15) is 0 Å². The lowest BCUT2D eigenvalue weighted by Crippen LogP contribution is -2.28. The Labute approximate surface area is 173 Å². The molecule has 28 heavy (non-hydrogen) atoms. The number of carbonyl (C=O) groups excluding carboxylic acids is 2. The summed E-state index contributed by atoms with van der Waals surface area (Å²) < 4.78 is 10.8. The zero-order valence-electron chi connectivity index (χ0n) is 15.4. The number of nitrogens with one attached hydrogen (secondary N) is 1.